The zero-order valence-electron chi connectivity index (χ0n) is 9.23. The van der Waals surface area contributed by atoms with Gasteiger partial charge in [0.25, 0.3) is 0 Å². The molecule has 2 aliphatic rings. The molecule has 1 aromatic rings. The fourth-order valence-corrected chi connectivity index (χ4v) is 3.22. The molecule has 0 spiro atoms. The maximum Gasteiger partial charge on any atom is 0.228 e. The molecule has 3 atom stereocenters. The predicted molar refractivity (Wildman–Crippen MR) is 61.8 cm³/mol. The molecule has 0 saturated heterocycles. The molecule has 2 bridgehead atoms. The lowest BCUT2D eigenvalue weighted by Gasteiger charge is -2.20. The number of carbonyl (C=O) groups excluding carboxylic acids is 1. The lowest BCUT2D eigenvalue weighted by atomic mass is 9.88. The lowest BCUT2D eigenvalue weighted by Crippen LogP contribution is -2.27. The summed E-state index contributed by atoms with van der Waals surface area (Å²) in [6.45, 7) is 0. The normalized spacial score (nSPS) is 31.6. The molecule has 1 heterocycles. The molecular formula is C13H16N2O. The van der Waals surface area contributed by atoms with Gasteiger partial charge in [0.15, 0.2) is 0 Å². The monoisotopic (exact) mass is 216 g/mol. The van der Waals surface area contributed by atoms with Crippen LogP contribution >= 0.6 is 0 Å². The minimum atomic E-state index is 0.172. The van der Waals surface area contributed by atoms with Crippen LogP contribution in [-0.2, 0) is 4.79 Å². The Hall–Kier alpha value is -1.38. The van der Waals surface area contributed by atoms with Crippen LogP contribution in [0.4, 0.5) is 5.82 Å². The zero-order valence-corrected chi connectivity index (χ0v) is 9.23. The number of fused-ring (bicyclic) bond motifs is 2. The van der Waals surface area contributed by atoms with Crippen molar-refractivity contribution in [3.63, 3.8) is 0 Å². The SMILES string of the molecule is O=C(Nc1ccccn1)C1CC2CCC1C2. The number of aromatic nitrogens is 1. The highest BCUT2D eigenvalue weighted by Gasteiger charge is 2.43. The van der Waals surface area contributed by atoms with Crippen molar-refractivity contribution in [1.82, 2.24) is 4.98 Å². The van der Waals surface area contributed by atoms with Gasteiger partial charge in [0.2, 0.25) is 5.91 Å². The van der Waals surface area contributed by atoms with Gasteiger partial charge in [0.1, 0.15) is 5.82 Å². The van der Waals surface area contributed by atoms with Gasteiger partial charge in [-0.05, 0) is 43.2 Å². The van der Waals surface area contributed by atoms with E-state index in [1.807, 2.05) is 18.2 Å². The molecule has 16 heavy (non-hydrogen) atoms. The van der Waals surface area contributed by atoms with Crippen LogP contribution in [0.2, 0.25) is 0 Å². The minimum absolute atomic E-state index is 0.172. The Morgan fingerprint density at radius 2 is 2.25 bits per heavy atom. The quantitative estimate of drug-likeness (QED) is 0.825. The van der Waals surface area contributed by atoms with Crippen molar-refractivity contribution in [2.75, 3.05) is 5.32 Å². The Labute approximate surface area is 95.3 Å². The van der Waals surface area contributed by atoms with Crippen molar-refractivity contribution >= 4 is 11.7 Å². The van der Waals surface area contributed by atoms with E-state index < -0.39 is 0 Å². The Morgan fingerprint density at radius 3 is 2.88 bits per heavy atom. The fraction of sp³-hybridized carbons (Fsp3) is 0.538. The van der Waals surface area contributed by atoms with Crippen LogP contribution in [0.5, 0.6) is 0 Å². The number of hydrogen-bond acceptors (Lipinski definition) is 2. The van der Waals surface area contributed by atoms with Crippen molar-refractivity contribution in [3.8, 4) is 0 Å². The summed E-state index contributed by atoms with van der Waals surface area (Å²) in [4.78, 5) is 16.2. The Balaban J connectivity index is 1.66. The number of nitrogens with one attached hydrogen (secondary N) is 1. The molecule has 1 N–H and O–H groups in total. The summed E-state index contributed by atoms with van der Waals surface area (Å²) in [7, 11) is 0. The molecular weight excluding hydrogens is 200 g/mol. The summed E-state index contributed by atoms with van der Waals surface area (Å²) in [5.41, 5.74) is 0. The summed E-state index contributed by atoms with van der Waals surface area (Å²) in [6.07, 6.45) is 6.63. The topological polar surface area (TPSA) is 42.0 Å². The van der Waals surface area contributed by atoms with Crippen LogP contribution in [-0.4, -0.2) is 10.9 Å². The molecule has 3 unspecified atom stereocenters. The molecule has 3 heteroatoms. The second-order valence-electron chi connectivity index (χ2n) is 4.99. The summed E-state index contributed by atoms with van der Waals surface area (Å²) in [6, 6.07) is 5.59. The van der Waals surface area contributed by atoms with Crippen LogP contribution in [0.15, 0.2) is 24.4 Å². The molecule has 2 fully saturated rings. The maximum atomic E-state index is 12.1. The first-order valence-electron chi connectivity index (χ1n) is 6.05. The van der Waals surface area contributed by atoms with Crippen LogP contribution < -0.4 is 5.32 Å². The number of amides is 1. The van der Waals surface area contributed by atoms with Crippen molar-refractivity contribution in [3.05, 3.63) is 24.4 Å². The summed E-state index contributed by atoms with van der Waals surface area (Å²) >= 11 is 0. The molecule has 0 aliphatic heterocycles. The van der Waals surface area contributed by atoms with E-state index in [0.29, 0.717) is 11.7 Å². The first-order valence-corrected chi connectivity index (χ1v) is 6.05. The Kier molecular flexibility index (Phi) is 2.39. The average molecular weight is 216 g/mol. The largest absolute Gasteiger partial charge is 0.310 e. The molecule has 1 amide bonds. The third-order valence-electron chi connectivity index (χ3n) is 3.99. The van der Waals surface area contributed by atoms with E-state index in [9.17, 15) is 4.79 Å². The number of hydrogen-bond donors (Lipinski definition) is 1. The van der Waals surface area contributed by atoms with Crippen molar-refractivity contribution in [1.29, 1.82) is 0 Å². The fourth-order valence-electron chi connectivity index (χ4n) is 3.22. The smallest absolute Gasteiger partial charge is 0.228 e. The van der Waals surface area contributed by atoms with E-state index in [4.69, 9.17) is 0 Å². The number of rotatable bonds is 2. The van der Waals surface area contributed by atoms with Crippen LogP contribution in [0.25, 0.3) is 0 Å². The van der Waals surface area contributed by atoms with Crippen molar-refractivity contribution in [2.24, 2.45) is 17.8 Å². The highest BCUT2D eigenvalue weighted by molar-refractivity contribution is 5.92. The van der Waals surface area contributed by atoms with E-state index in [1.54, 1.807) is 6.20 Å². The number of nitrogens with zero attached hydrogens (tertiary/aromatic N) is 1. The molecule has 84 valence electrons. The average Bonchev–Trinajstić information content (AvgIpc) is 2.92. The summed E-state index contributed by atoms with van der Waals surface area (Å²) in [5.74, 6) is 2.53. The Morgan fingerprint density at radius 1 is 1.31 bits per heavy atom. The van der Waals surface area contributed by atoms with Gasteiger partial charge >= 0.3 is 0 Å². The first kappa shape index (κ1) is 9.82. The first-order chi connectivity index (χ1) is 7.83. The summed E-state index contributed by atoms with van der Waals surface area (Å²) < 4.78 is 0. The molecule has 1 aromatic heterocycles. The van der Waals surface area contributed by atoms with Gasteiger partial charge in [0.05, 0.1) is 0 Å². The van der Waals surface area contributed by atoms with E-state index >= 15 is 0 Å². The van der Waals surface area contributed by atoms with Gasteiger partial charge < -0.3 is 5.32 Å². The van der Waals surface area contributed by atoms with Crippen molar-refractivity contribution < 1.29 is 4.79 Å². The maximum absolute atomic E-state index is 12.1. The number of carbonyl (C=O) groups is 1. The third-order valence-corrected chi connectivity index (χ3v) is 3.99. The second-order valence-corrected chi connectivity index (χ2v) is 4.99. The Bertz CT molecular complexity index is 390. The highest BCUT2D eigenvalue weighted by Crippen LogP contribution is 2.48. The third kappa shape index (κ3) is 1.70. The van der Waals surface area contributed by atoms with Crippen LogP contribution in [0.3, 0.4) is 0 Å². The standard InChI is InChI=1S/C13H16N2O/c16-13(15-12-3-1-2-6-14-12)11-8-9-4-5-10(11)7-9/h1-3,6,9-11H,4-5,7-8H2,(H,14,15,16). The predicted octanol–water partition coefficient (Wildman–Crippen LogP) is 2.46. The molecule has 3 nitrogen and oxygen atoms in total. The molecule has 3 rings (SSSR count). The van der Waals surface area contributed by atoms with Gasteiger partial charge in [0, 0.05) is 12.1 Å². The van der Waals surface area contributed by atoms with E-state index in [1.165, 1.54) is 19.3 Å². The van der Waals surface area contributed by atoms with Gasteiger partial charge in [-0.1, -0.05) is 12.5 Å². The zero-order chi connectivity index (χ0) is 11.0. The van der Waals surface area contributed by atoms with Crippen LogP contribution in [0, 0.1) is 17.8 Å². The summed E-state index contributed by atoms with van der Waals surface area (Å²) in [5, 5.41) is 2.92. The van der Waals surface area contributed by atoms with E-state index in [-0.39, 0.29) is 11.8 Å². The lowest BCUT2D eigenvalue weighted by molar-refractivity contribution is -0.121. The molecule has 0 aromatic carbocycles. The molecule has 0 radical (unpaired) electrons. The number of anilines is 1. The van der Waals surface area contributed by atoms with Crippen LogP contribution in [0.1, 0.15) is 25.7 Å². The molecule has 2 aliphatic carbocycles. The van der Waals surface area contributed by atoms with Gasteiger partial charge in [-0.2, -0.15) is 0 Å². The van der Waals surface area contributed by atoms with Gasteiger partial charge in [-0.3, -0.25) is 4.79 Å². The van der Waals surface area contributed by atoms with Gasteiger partial charge in [-0.15, -0.1) is 0 Å². The highest BCUT2D eigenvalue weighted by atomic mass is 16.2. The molecule has 2 saturated carbocycles. The van der Waals surface area contributed by atoms with E-state index in [0.717, 1.165) is 12.3 Å². The number of pyridine rings is 1. The van der Waals surface area contributed by atoms with Crippen molar-refractivity contribution in [2.45, 2.75) is 25.7 Å². The van der Waals surface area contributed by atoms with E-state index in [2.05, 4.69) is 10.3 Å². The second kappa shape index (κ2) is 3.89. The minimum Gasteiger partial charge on any atom is -0.310 e. The van der Waals surface area contributed by atoms with Gasteiger partial charge in [-0.25, -0.2) is 4.98 Å².